The van der Waals surface area contributed by atoms with Crippen LogP contribution >= 0.6 is 0 Å². The smallest absolute Gasteiger partial charge is 0.243 e. The fourth-order valence-corrected chi connectivity index (χ4v) is 5.70. The Balaban J connectivity index is 1.57. The Morgan fingerprint density at radius 2 is 1.64 bits per heavy atom. The maximum atomic E-state index is 13.2. The van der Waals surface area contributed by atoms with Crippen molar-refractivity contribution >= 4 is 15.8 Å². The second-order valence-electron chi connectivity index (χ2n) is 8.24. The van der Waals surface area contributed by atoms with E-state index >= 15 is 0 Å². The van der Waals surface area contributed by atoms with Crippen LogP contribution in [0.4, 0.5) is 5.82 Å². The van der Waals surface area contributed by atoms with Gasteiger partial charge in [-0.1, -0.05) is 30.3 Å². The lowest BCUT2D eigenvalue weighted by Crippen LogP contribution is -2.35. The molecule has 0 bridgehead atoms. The standard InChI is InChI=1S/C25H30N4O3S/c1-19-24(18-21-8-5-4-6-9-21)25(27-20(2)26-19)28-14-7-15-29(17-16-28)33(30,31)23-12-10-22(32-3)11-13-23/h4-6,8-13H,7,14-18H2,1-3H3. The Hall–Kier alpha value is -2.97. The Kier molecular flexibility index (Phi) is 6.95. The minimum atomic E-state index is -3.57. The van der Waals surface area contributed by atoms with Crippen LogP contribution in [0.1, 0.15) is 29.1 Å². The second kappa shape index (κ2) is 9.89. The Morgan fingerprint density at radius 1 is 0.909 bits per heavy atom. The van der Waals surface area contributed by atoms with E-state index in [9.17, 15) is 8.42 Å². The molecule has 0 unspecified atom stereocenters. The van der Waals surface area contributed by atoms with Gasteiger partial charge in [-0.3, -0.25) is 0 Å². The van der Waals surface area contributed by atoms with Gasteiger partial charge in [0.15, 0.2) is 0 Å². The van der Waals surface area contributed by atoms with Crippen LogP contribution in [-0.2, 0) is 16.4 Å². The van der Waals surface area contributed by atoms with E-state index in [2.05, 4.69) is 22.0 Å². The van der Waals surface area contributed by atoms with Crippen molar-refractivity contribution in [2.24, 2.45) is 0 Å². The summed E-state index contributed by atoms with van der Waals surface area (Å²) in [7, 11) is -2.01. The Morgan fingerprint density at radius 3 is 2.33 bits per heavy atom. The van der Waals surface area contributed by atoms with Crippen LogP contribution in [-0.4, -0.2) is 56.0 Å². The lowest BCUT2D eigenvalue weighted by molar-refractivity contribution is 0.413. The third kappa shape index (κ3) is 5.17. The van der Waals surface area contributed by atoms with Gasteiger partial charge in [-0.25, -0.2) is 18.4 Å². The average molecular weight is 467 g/mol. The minimum absolute atomic E-state index is 0.287. The van der Waals surface area contributed by atoms with E-state index in [0.29, 0.717) is 25.4 Å². The predicted octanol–water partition coefficient (Wildman–Crippen LogP) is 3.59. The number of anilines is 1. The predicted molar refractivity (Wildman–Crippen MR) is 129 cm³/mol. The third-order valence-corrected chi connectivity index (χ3v) is 7.89. The maximum absolute atomic E-state index is 13.2. The number of aromatic nitrogens is 2. The summed E-state index contributed by atoms with van der Waals surface area (Å²) in [4.78, 5) is 11.9. The Bertz CT molecular complexity index is 1200. The number of sulfonamides is 1. The number of methoxy groups -OCH3 is 1. The van der Waals surface area contributed by atoms with Crippen molar-refractivity contribution in [2.45, 2.75) is 31.6 Å². The highest BCUT2D eigenvalue weighted by Crippen LogP contribution is 2.27. The molecular formula is C25H30N4O3S. The zero-order valence-electron chi connectivity index (χ0n) is 19.4. The average Bonchev–Trinajstić information content (AvgIpc) is 3.08. The molecular weight excluding hydrogens is 436 g/mol. The number of benzene rings is 2. The number of rotatable bonds is 6. The van der Waals surface area contributed by atoms with E-state index in [-0.39, 0.29) is 4.90 Å². The van der Waals surface area contributed by atoms with E-state index in [1.54, 1.807) is 35.7 Å². The first kappa shape index (κ1) is 23.2. The first-order valence-corrected chi connectivity index (χ1v) is 12.6. The van der Waals surface area contributed by atoms with Gasteiger partial charge < -0.3 is 9.64 Å². The van der Waals surface area contributed by atoms with E-state index in [4.69, 9.17) is 9.72 Å². The summed E-state index contributed by atoms with van der Waals surface area (Å²) in [5.41, 5.74) is 3.26. The molecule has 0 atom stereocenters. The molecule has 0 amide bonds. The summed E-state index contributed by atoms with van der Waals surface area (Å²) in [6, 6.07) is 16.9. The molecule has 8 heteroatoms. The zero-order chi connectivity index (χ0) is 23.4. The number of hydrogen-bond acceptors (Lipinski definition) is 6. The highest BCUT2D eigenvalue weighted by Gasteiger charge is 2.28. The lowest BCUT2D eigenvalue weighted by atomic mass is 10.0. The molecule has 33 heavy (non-hydrogen) atoms. The molecule has 1 aromatic heterocycles. The largest absolute Gasteiger partial charge is 0.497 e. The first-order chi connectivity index (χ1) is 15.9. The van der Waals surface area contributed by atoms with Crippen LogP contribution in [0.3, 0.4) is 0 Å². The van der Waals surface area contributed by atoms with Crippen molar-refractivity contribution < 1.29 is 13.2 Å². The molecule has 0 radical (unpaired) electrons. The summed E-state index contributed by atoms with van der Waals surface area (Å²) >= 11 is 0. The van der Waals surface area contributed by atoms with Crippen LogP contribution in [0.2, 0.25) is 0 Å². The van der Waals surface area contributed by atoms with Gasteiger partial charge in [0.05, 0.1) is 12.0 Å². The van der Waals surface area contributed by atoms with E-state index in [1.807, 2.05) is 32.0 Å². The fourth-order valence-electron chi connectivity index (χ4n) is 4.23. The van der Waals surface area contributed by atoms with Gasteiger partial charge in [0.2, 0.25) is 10.0 Å². The molecule has 4 rings (SSSR count). The highest BCUT2D eigenvalue weighted by atomic mass is 32.2. The van der Waals surface area contributed by atoms with Crippen LogP contribution in [0.5, 0.6) is 5.75 Å². The first-order valence-electron chi connectivity index (χ1n) is 11.2. The zero-order valence-corrected chi connectivity index (χ0v) is 20.2. The van der Waals surface area contributed by atoms with Crippen molar-refractivity contribution in [3.8, 4) is 5.75 Å². The molecule has 0 aliphatic carbocycles. The summed E-state index contributed by atoms with van der Waals surface area (Å²) in [6.45, 7) is 6.12. The topological polar surface area (TPSA) is 75.6 Å². The minimum Gasteiger partial charge on any atom is -0.497 e. The maximum Gasteiger partial charge on any atom is 0.243 e. The molecule has 0 spiro atoms. The molecule has 174 valence electrons. The Labute approximate surface area is 196 Å². The molecule has 1 saturated heterocycles. The monoisotopic (exact) mass is 466 g/mol. The molecule has 2 aromatic carbocycles. The molecule has 3 aromatic rings. The molecule has 1 fully saturated rings. The van der Waals surface area contributed by atoms with E-state index < -0.39 is 10.0 Å². The van der Waals surface area contributed by atoms with Gasteiger partial charge in [-0.05, 0) is 50.1 Å². The van der Waals surface area contributed by atoms with Gasteiger partial charge in [-0.15, -0.1) is 0 Å². The summed E-state index contributed by atoms with van der Waals surface area (Å²) < 4.78 is 33.2. The molecule has 1 aliphatic heterocycles. The fraction of sp³-hybridized carbons (Fsp3) is 0.360. The SMILES string of the molecule is COc1ccc(S(=O)(=O)N2CCCN(c3nc(C)nc(C)c3Cc3ccccc3)CC2)cc1. The number of hydrogen-bond donors (Lipinski definition) is 0. The molecule has 0 N–H and O–H groups in total. The quantitative estimate of drug-likeness (QED) is 0.553. The van der Waals surface area contributed by atoms with Gasteiger partial charge in [0, 0.05) is 43.9 Å². The van der Waals surface area contributed by atoms with Crippen molar-refractivity contribution in [2.75, 3.05) is 38.2 Å². The number of nitrogens with zero attached hydrogens (tertiary/aromatic N) is 4. The highest BCUT2D eigenvalue weighted by molar-refractivity contribution is 7.89. The van der Waals surface area contributed by atoms with Crippen LogP contribution in [0.25, 0.3) is 0 Å². The van der Waals surface area contributed by atoms with E-state index in [1.165, 1.54) is 5.56 Å². The van der Waals surface area contributed by atoms with Crippen molar-refractivity contribution in [1.82, 2.24) is 14.3 Å². The second-order valence-corrected chi connectivity index (χ2v) is 10.2. The van der Waals surface area contributed by atoms with Gasteiger partial charge in [0.25, 0.3) is 0 Å². The normalized spacial score (nSPS) is 15.3. The van der Waals surface area contributed by atoms with Gasteiger partial charge >= 0.3 is 0 Å². The van der Waals surface area contributed by atoms with Crippen LogP contribution in [0, 0.1) is 13.8 Å². The van der Waals surface area contributed by atoms with E-state index in [0.717, 1.165) is 42.3 Å². The van der Waals surface area contributed by atoms with Crippen LogP contribution < -0.4 is 9.64 Å². The molecule has 1 aliphatic rings. The summed E-state index contributed by atoms with van der Waals surface area (Å²) in [5.74, 6) is 2.27. The molecule has 7 nitrogen and oxygen atoms in total. The summed E-state index contributed by atoms with van der Waals surface area (Å²) in [5, 5.41) is 0. The number of aryl methyl sites for hydroxylation is 2. The van der Waals surface area contributed by atoms with Crippen molar-refractivity contribution in [3.63, 3.8) is 0 Å². The van der Waals surface area contributed by atoms with Gasteiger partial charge in [-0.2, -0.15) is 4.31 Å². The van der Waals surface area contributed by atoms with Crippen molar-refractivity contribution in [3.05, 3.63) is 77.2 Å². The third-order valence-electron chi connectivity index (χ3n) is 5.98. The van der Waals surface area contributed by atoms with Gasteiger partial charge in [0.1, 0.15) is 17.4 Å². The molecule has 2 heterocycles. The lowest BCUT2D eigenvalue weighted by Gasteiger charge is -2.26. The van der Waals surface area contributed by atoms with Crippen LogP contribution in [0.15, 0.2) is 59.5 Å². The molecule has 0 saturated carbocycles. The number of ether oxygens (including phenoxy) is 1. The van der Waals surface area contributed by atoms with Crippen molar-refractivity contribution in [1.29, 1.82) is 0 Å². The summed E-state index contributed by atoms with van der Waals surface area (Å²) in [6.07, 6.45) is 1.47.